The van der Waals surface area contributed by atoms with Crippen LogP contribution in [0.5, 0.6) is 0 Å². The fourth-order valence-corrected chi connectivity index (χ4v) is 1.71. The van der Waals surface area contributed by atoms with Crippen molar-refractivity contribution < 1.29 is 14.5 Å². The van der Waals surface area contributed by atoms with E-state index in [0.717, 1.165) is 6.07 Å². The molecule has 94 valence electrons. The van der Waals surface area contributed by atoms with Gasteiger partial charge in [-0.15, -0.1) is 0 Å². The van der Waals surface area contributed by atoms with Crippen molar-refractivity contribution >= 4 is 17.8 Å². The molecule has 0 aromatic heterocycles. The summed E-state index contributed by atoms with van der Waals surface area (Å²) in [4.78, 5) is 33.1. The summed E-state index contributed by atoms with van der Waals surface area (Å²) in [5, 5.41) is 11.0. The number of hydrogen-bond donors (Lipinski definition) is 0. The smallest absolute Gasteiger partial charge is 0.281 e. The van der Waals surface area contributed by atoms with Gasteiger partial charge in [0.25, 0.3) is 5.69 Å². The first-order valence-electron chi connectivity index (χ1n) is 5.47. The molecule has 0 fully saturated rings. The minimum absolute atomic E-state index is 0.0261. The average molecular weight is 255 g/mol. The van der Waals surface area contributed by atoms with Gasteiger partial charge in [-0.2, -0.15) is 0 Å². The monoisotopic (exact) mass is 255 g/mol. The highest BCUT2D eigenvalue weighted by molar-refractivity contribution is 6.11. The molecule has 0 aliphatic rings. The highest BCUT2D eigenvalue weighted by atomic mass is 16.6. The number of nitrogens with zero attached hydrogens (tertiary/aromatic N) is 1. The molecular formula is C14H9NO4. The summed E-state index contributed by atoms with van der Waals surface area (Å²) < 4.78 is 0. The van der Waals surface area contributed by atoms with Gasteiger partial charge >= 0.3 is 0 Å². The Labute approximate surface area is 108 Å². The van der Waals surface area contributed by atoms with Crippen LogP contribution in [0, 0.1) is 10.1 Å². The third-order valence-electron chi connectivity index (χ3n) is 2.64. The molecule has 0 N–H and O–H groups in total. The van der Waals surface area contributed by atoms with Gasteiger partial charge in [0.2, 0.25) is 0 Å². The van der Waals surface area contributed by atoms with Gasteiger partial charge in [-0.1, -0.05) is 36.4 Å². The molecule has 0 spiro atoms. The first-order valence-corrected chi connectivity index (χ1v) is 5.47. The van der Waals surface area contributed by atoms with Crippen molar-refractivity contribution in [2.45, 2.75) is 0 Å². The lowest BCUT2D eigenvalue weighted by Gasteiger charge is -2.03. The predicted molar refractivity (Wildman–Crippen MR) is 68.4 cm³/mol. The van der Waals surface area contributed by atoms with E-state index < -0.39 is 10.7 Å². The Balaban J connectivity index is 2.53. The molecule has 2 aromatic rings. The van der Waals surface area contributed by atoms with Crippen molar-refractivity contribution in [2.24, 2.45) is 0 Å². The number of carbonyl (C=O) groups is 2. The van der Waals surface area contributed by atoms with Gasteiger partial charge in [-0.3, -0.25) is 19.7 Å². The van der Waals surface area contributed by atoms with E-state index in [1.54, 1.807) is 30.3 Å². The maximum atomic E-state index is 12.2. The quantitative estimate of drug-likeness (QED) is 0.364. The molecule has 0 bridgehead atoms. The molecule has 0 saturated heterocycles. The van der Waals surface area contributed by atoms with Crippen LogP contribution in [0.1, 0.15) is 26.3 Å². The zero-order valence-corrected chi connectivity index (χ0v) is 9.78. The van der Waals surface area contributed by atoms with Crippen LogP contribution < -0.4 is 0 Å². The van der Waals surface area contributed by atoms with Crippen LogP contribution in [0.25, 0.3) is 0 Å². The van der Waals surface area contributed by atoms with E-state index in [-0.39, 0.29) is 16.8 Å². The molecule has 5 nitrogen and oxygen atoms in total. The van der Waals surface area contributed by atoms with Crippen LogP contribution >= 0.6 is 0 Å². The number of ketones is 1. The van der Waals surface area contributed by atoms with E-state index in [1.165, 1.54) is 12.1 Å². The molecule has 2 rings (SSSR count). The number of carbonyl (C=O) groups excluding carboxylic acids is 2. The molecule has 0 atom stereocenters. The summed E-state index contributed by atoms with van der Waals surface area (Å²) in [6.45, 7) is 0. The maximum Gasteiger partial charge on any atom is 0.281 e. The fraction of sp³-hybridized carbons (Fsp3) is 0. The second kappa shape index (κ2) is 5.22. The van der Waals surface area contributed by atoms with E-state index in [0.29, 0.717) is 11.8 Å². The zero-order chi connectivity index (χ0) is 13.8. The average Bonchev–Trinajstić information content (AvgIpc) is 2.46. The lowest BCUT2D eigenvalue weighted by atomic mass is 10.0. The Morgan fingerprint density at radius 1 is 1.11 bits per heavy atom. The van der Waals surface area contributed by atoms with Gasteiger partial charge in [-0.25, -0.2) is 0 Å². The molecule has 0 unspecified atom stereocenters. The zero-order valence-electron chi connectivity index (χ0n) is 9.78. The first-order chi connectivity index (χ1) is 9.13. The van der Waals surface area contributed by atoms with Crippen molar-refractivity contribution in [3.05, 3.63) is 75.3 Å². The van der Waals surface area contributed by atoms with Gasteiger partial charge in [0.1, 0.15) is 11.8 Å². The minimum Gasteiger partial charge on any atom is -0.298 e. The molecule has 0 heterocycles. The molecule has 0 saturated carbocycles. The highest BCUT2D eigenvalue weighted by Gasteiger charge is 2.21. The number of hydrogen-bond acceptors (Lipinski definition) is 4. The van der Waals surface area contributed by atoms with Crippen molar-refractivity contribution in [3.63, 3.8) is 0 Å². The van der Waals surface area contributed by atoms with Gasteiger partial charge in [0.15, 0.2) is 5.78 Å². The van der Waals surface area contributed by atoms with Gasteiger partial charge in [-0.05, 0) is 6.07 Å². The SMILES string of the molecule is O=Cc1ccc(C(=O)c2ccccc2)c([N+](=O)[O-])c1. The lowest BCUT2D eigenvalue weighted by molar-refractivity contribution is -0.385. The number of aldehydes is 1. The Kier molecular flexibility index (Phi) is 3.47. The third kappa shape index (κ3) is 2.55. The number of nitro groups is 1. The van der Waals surface area contributed by atoms with E-state index in [2.05, 4.69) is 0 Å². The molecule has 5 heteroatoms. The Morgan fingerprint density at radius 2 is 1.79 bits per heavy atom. The highest BCUT2D eigenvalue weighted by Crippen LogP contribution is 2.22. The normalized spacial score (nSPS) is 9.89. The van der Waals surface area contributed by atoms with Crippen molar-refractivity contribution in [1.29, 1.82) is 0 Å². The van der Waals surface area contributed by atoms with Crippen LogP contribution in [0.2, 0.25) is 0 Å². The minimum atomic E-state index is -0.664. The van der Waals surface area contributed by atoms with Crippen molar-refractivity contribution in [1.82, 2.24) is 0 Å². The van der Waals surface area contributed by atoms with Crippen LogP contribution in [-0.2, 0) is 0 Å². The number of rotatable bonds is 4. The molecular weight excluding hydrogens is 246 g/mol. The Morgan fingerprint density at radius 3 is 2.37 bits per heavy atom. The summed E-state index contributed by atoms with van der Waals surface area (Å²) >= 11 is 0. The summed E-state index contributed by atoms with van der Waals surface area (Å²) in [5.74, 6) is -0.440. The lowest BCUT2D eigenvalue weighted by Crippen LogP contribution is -2.06. The fourth-order valence-electron chi connectivity index (χ4n) is 1.71. The van der Waals surface area contributed by atoms with E-state index in [9.17, 15) is 19.7 Å². The number of nitro benzene ring substituents is 1. The second-order valence-electron chi connectivity index (χ2n) is 3.85. The predicted octanol–water partition coefficient (Wildman–Crippen LogP) is 2.64. The van der Waals surface area contributed by atoms with Gasteiger partial charge in [0, 0.05) is 17.2 Å². The topological polar surface area (TPSA) is 77.3 Å². The molecule has 19 heavy (non-hydrogen) atoms. The van der Waals surface area contributed by atoms with E-state index in [4.69, 9.17) is 0 Å². The van der Waals surface area contributed by atoms with Gasteiger partial charge in [0.05, 0.1) is 4.92 Å². The van der Waals surface area contributed by atoms with Crippen LogP contribution in [-0.4, -0.2) is 17.0 Å². The van der Waals surface area contributed by atoms with E-state index >= 15 is 0 Å². The largest absolute Gasteiger partial charge is 0.298 e. The van der Waals surface area contributed by atoms with Crippen LogP contribution in [0.3, 0.4) is 0 Å². The summed E-state index contributed by atoms with van der Waals surface area (Å²) in [6.07, 6.45) is 0.504. The van der Waals surface area contributed by atoms with Crippen LogP contribution in [0.4, 0.5) is 5.69 Å². The van der Waals surface area contributed by atoms with Crippen molar-refractivity contribution in [3.8, 4) is 0 Å². The standard InChI is InChI=1S/C14H9NO4/c16-9-10-6-7-12(13(8-10)15(18)19)14(17)11-4-2-1-3-5-11/h1-9H. The maximum absolute atomic E-state index is 12.2. The summed E-state index contributed by atoms with van der Waals surface area (Å²) in [6, 6.07) is 12.1. The molecule has 0 radical (unpaired) electrons. The van der Waals surface area contributed by atoms with E-state index in [1.807, 2.05) is 0 Å². The van der Waals surface area contributed by atoms with Crippen molar-refractivity contribution in [2.75, 3.05) is 0 Å². The summed E-state index contributed by atoms with van der Waals surface area (Å²) in [5.41, 5.74) is 0.140. The first kappa shape index (κ1) is 12.6. The summed E-state index contributed by atoms with van der Waals surface area (Å²) in [7, 11) is 0. The van der Waals surface area contributed by atoms with Crippen LogP contribution in [0.15, 0.2) is 48.5 Å². The Bertz CT molecular complexity index is 650. The molecule has 0 aliphatic carbocycles. The second-order valence-corrected chi connectivity index (χ2v) is 3.85. The molecule has 0 amide bonds. The Hall–Kier alpha value is -2.82. The molecule has 2 aromatic carbocycles. The number of benzene rings is 2. The van der Waals surface area contributed by atoms with Gasteiger partial charge < -0.3 is 0 Å². The molecule has 0 aliphatic heterocycles. The third-order valence-corrected chi connectivity index (χ3v) is 2.64.